The largest absolute Gasteiger partial charge is 0.370 e. The fourth-order valence-electron chi connectivity index (χ4n) is 4.23. The quantitative estimate of drug-likeness (QED) is 0.605. The molecule has 1 fully saturated rings. The molecule has 10 nitrogen and oxygen atoms in total. The van der Waals surface area contributed by atoms with Gasteiger partial charge in [0, 0.05) is 69.2 Å². The number of carbonyl (C=O) groups excluding carboxylic acids is 1. The van der Waals surface area contributed by atoms with Crippen molar-refractivity contribution in [2.24, 2.45) is 18.0 Å². The van der Waals surface area contributed by atoms with Crippen molar-refractivity contribution < 1.29 is 4.79 Å². The van der Waals surface area contributed by atoms with E-state index in [-0.39, 0.29) is 23.2 Å². The number of nitrogens with one attached hydrogen (secondary N) is 2. The number of piperazine rings is 1. The Labute approximate surface area is 188 Å². The molecule has 2 N–H and O–H groups in total. The number of dihydropyridines is 1. The van der Waals surface area contributed by atoms with Crippen molar-refractivity contribution in [3.05, 3.63) is 51.4 Å². The number of allylic oxidation sites excluding steroid dienone is 1. The first-order valence-electron chi connectivity index (χ1n) is 10.5. The van der Waals surface area contributed by atoms with Gasteiger partial charge in [0.2, 0.25) is 0 Å². The minimum absolute atomic E-state index is 0.224. The number of hydrogen-bond donors (Lipinski definition) is 2. The third-order valence-corrected chi connectivity index (χ3v) is 6.65. The maximum absolute atomic E-state index is 13.1. The lowest BCUT2D eigenvalue weighted by molar-refractivity contribution is 0.0961. The van der Waals surface area contributed by atoms with E-state index in [0.717, 1.165) is 37.6 Å². The van der Waals surface area contributed by atoms with E-state index in [2.05, 4.69) is 37.4 Å². The molecule has 11 heteroatoms. The van der Waals surface area contributed by atoms with E-state index < -0.39 is 0 Å². The molecular weight excluding hydrogens is 428 g/mol. The molecule has 1 amide bonds. The van der Waals surface area contributed by atoms with Crippen molar-refractivity contribution >= 4 is 34.5 Å². The molecule has 0 saturated carbocycles. The fourth-order valence-corrected chi connectivity index (χ4v) is 5.04. The second kappa shape index (κ2) is 8.32. The SMILES string of the molecule is C[C@H]1CN=CC(NC(=O)c2csc(-n3c(=O)n(C)c4cnccc43)n2)=C1N1CCNCC1. The second-order valence-electron chi connectivity index (χ2n) is 7.94. The summed E-state index contributed by atoms with van der Waals surface area (Å²) < 4.78 is 3.03. The van der Waals surface area contributed by atoms with Gasteiger partial charge in [0.25, 0.3) is 5.91 Å². The Balaban J connectivity index is 1.45. The Morgan fingerprint density at radius 3 is 2.91 bits per heavy atom. The van der Waals surface area contributed by atoms with Crippen molar-refractivity contribution in [1.82, 2.24) is 34.6 Å². The Hall–Kier alpha value is -3.31. The van der Waals surface area contributed by atoms with Crippen molar-refractivity contribution in [3.8, 4) is 5.13 Å². The summed E-state index contributed by atoms with van der Waals surface area (Å²) in [6, 6.07) is 1.77. The molecule has 32 heavy (non-hydrogen) atoms. The number of aromatic nitrogens is 4. The highest BCUT2D eigenvalue weighted by Crippen LogP contribution is 2.24. The first-order valence-corrected chi connectivity index (χ1v) is 11.4. The monoisotopic (exact) mass is 452 g/mol. The van der Waals surface area contributed by atoms with Crippen LogP contribution in [0.2, 0.25) is 0 Å². The number of carbonyl (C=O) groups is 1. The number of pyridine rings is 1. The minimum atomic E-state index is -0.314. The predicted octanol–water partition coefficient (Wildman–Crippen LogP) is 0.748. The molecule has 3 aromatic heterocycles. The van der Waals surface area contributed by atoms with Crippen LogP contribution in [0.25, 0.3) is 16.2 Å². The van der Waals surface area contributed by atoms with E-state index in [1.165, 1.54) is 20.5 Å². The average molecular weight is 453 g/mol. The number of aryl methyl sites for hydroxylation is 1. The average Bonchev–Trinajstić information content (AvgIpc) is 3.38. The fraction of sp³-hybridized carbons (Fsp3) is 0.381. The van der Waals surface area contributed by atoms with Gasteiger partial charge in [-0.25, -0.2) is 14.3 Å². The van der Waals surface area contributed by atoms with Gasteiger partial charge in [-0.2, -0.15) is 0 Å². The van der Waals surface area contributed by atoms with Crippen LogP contribution >= 0.6 is 11.3 Å². The zero-order valence-electron chi connectivity index (χ0n) is 17.9. The van der Waals surface area contributed by atoms with Crippen LogP contribution in [-0.4, -0.2) is 68.8 Å². The number of hydrogen-bond acceptors (Lipinski definition) is 8. The van der Waals surface area contributed by atoms with Gasteiger partial charge >= 0.3 is 5.69 Å². The molecule has 0 aliphatic carbocycles. The van der Waals surface area contributed by atoms with E-state index in [0.29, 0.717) is 22.7 Å². The molecule has 1 atom stereocenters. The molecule has 0 unspecified atom stereocenters. The molecule has 0 radical (unpaired) electrons. The summed E-state index contributed by atoms with van der Waals surface area (Å²) in [5, 5.41) is 8.48. The van der Waals surface area contributed by atoms with Crippen LogP contribution in [0.3, 0.4) is 0 Å². The highest BCUT2D eigenvalue weighted by molar-refractivity contribution is 7.12. The Morgan fingerprint density at radius 1 is 1.28 bits per heavy atom. The van der Waals surface area contributed by atoms with Gasteiger partial charge in [-0.15, -0.1) is 11.3 Å². The van der Waals surface area contributed by atoms with Crippen LogP contribution in [0.1, 0.15) is 17.4 Å². The number of nitrogens with zero attached hydrogens (tertiary/aromatic N) is 6. The first-order chi connectivity index (χ1) is 15.5. The van der Waals surface area contributed by atoms with Gasteiger partial charge in [-0.05, 0) is 6.07 Å². The summed E-state index contributed by atoms with van der Waals surface area (Å²) in [6.07, 6.45) is 5.01. The van der Waals surface area contributed by atoms with Crippen LogP contribution < -0.4 is 16.3 Å². The zero-order valence-corrected chi connectivity index (χ0v) is 18.7. The molecule has 0 aromatic carbocycles. The van der Waals surface area contributed by atoms with Crippen molar-refractivity contribution in [1.29, 1.82) is 0 Å². The Bertz CT molecular complexity index is 1290. The first kappa shape index (κ1) is 20.6. The topological polar surface area (TPSA) is 109 Å². The molecule has 1 saturated heterocycles. The zero-order chi connectivity index (χ0) is 22.2. The van der Waals surface area contributed by atoms with Crippen molar-refractivity contribution in [2.75, 3.05) is 32.7 Å². The smallest absolute Gasteiger partial charge is 0.335 e. The highest BCUT2D eigenvalue weighted by Gasteiger charge is 2.26. The van der Waals surface area contributed by atoms with Gasteiger partial charge in [0.05, 0.1) is 22.9 Å². The van der Waals surface area contributed by atoms with Gasteiger partial charge in [0.1, 0.15) is 5.69 Å². The molecule has 5 heterocycles. The minimum Gasteiger partial charge on any atom is -0.370 e. The molecule has 2 aliphatic heterocycles. The number of aliphatic imine (C=N–C) groups is 1. The van der Waals surface area contributed by atoms with Crippen molar-refractivity contribution in [2.45, 2.75) is 6.92 Å². The van der Waals surface area contributed by atoms with E-state index in [1.54, 1.807) is 37.1 Å². The molecule has 3 aromatic rings. The standard InChI is InChI=1S/C21H24N8O2S/c1-13-9-24-10-14(18(13)28-7-5-22-6-8-28)25-19(30)15-12-32-20(26-15)29-16-3-4-23-11-17(16)27(2)21(29)31/h3-4,10-13,22H,5-9H2,1-2H3,(H,25,30)/t13-/m0/s1. The van der Waals surface area contributed by atoms with Crippen LogP contribution in [0.5, 0.6) is 0 Å². The van der Waals surface area contributed by atoms with Crippen LogP contribution in [-0.2, 0) is 7.05 Å². The molecule has 0 bridgehead atoms. The van der Waals surface area contributed by atoms with Crippen molar-refractivity contribution in [3.63, 3.8) is 0 Å². The highest BCUT2D eigenvalue weighted by atomic mass is 32.1. The molecule has 2 aliphatic rings. The summed E-state index contributed by atoms with van der Waals surface area (Å²) in [6.45, 7) is 6.46. The summed E-state index contributed by atoms with van der Waals surface area (Å²) in [4.78, 5) is 41.1. The maximum Gasteiger partial charge on any atom is 0.335 e. The Kier molecular flexibility index (Phi) is 5.35. The van der Waals surface area contributed by atoms with Gasteiger partial charge in [-0.3, -0.25) is 19.3 Å². The number of fused-ring (bicyclic) bond motifs is 1. The summed E-state index contributed by atoms with van der Waals surface area (Å²) >= 11 is 1.25. The third-order valence-electron chi connectivity index (χ3n) is 5.82. The summed E-state index contributed by atoms with van der Waals surface area (Å²) in [7, 11) is 1.69. The number of rotatable bonds is 4. The maximum atomic E-state index is 13.1. The van der Waals surface area contributed by atoms with Gasteiger partial charge < -0.3 is 15.5 Å². The van der Waals surface area contributed by atoms with Gasteiger partial charge in [-0.1, -0.05) is 6.92 Å². The van der Waals surface area contributed by atoms with E-state index in [9.17, 15) is 9.59 Å². The van der Waals surface area contributed by atoms with Crippen LogP contribution in [0.4, 0.5) is 0 Å². The second-order valence-corrected chi connectivity index (χ2v) is 8.78. The summed E-state index contributed by atoms with van der Waals surface area (Å²) in [5.41, 5.74) is 3.28. The lowest BCUT2D eigenvalue weighted by atomic mass is 10.0. The van der Waals surface area contributed by atoms with E-state index in [1.807, 2.05) is 0 Å². The van der Waals surface area contributed by atoms with Crippen LogP contribution in [0, 0.1) is 5.92 Å². The lowest BCUT2D eigenvalue weighted by Gasteiger charge is -2.36. The summed E-state index contributed by atoms with van der Waals surface area (Å²) in [5.74, 6) is -0.0899. The normalized spacial score (nSPS) is 19.1. The van der Waals surface area contributed by atoms with Crippen LogP contribution in [0.15, 0.2) is 45.0 Å². The lowest BCUT2D eigenvalue weighted by Crippen LogP contribution is -2.46. The number of amides is 1. The van der Waals surface area contributed by atoms with Gasteiger partial charge in [0.15, 0.2) is 5.13 Å². The predicted molar refractivity (Wildman–Crippen MR) is 123 cm³/mol. The Morgan fingerprint density at radius 2 is 2.09 bits per heavy atom. The van der Waals surface area contributed by atoms with E-state index >= 15 is 0 Å². The molecule has 166 valence electrons. The molecule has 0 spiro atoms. The number of imidazole rings is 1. The number of thiazole rings is 1. The third kappa shape index (κ3) is 3.53. The molecular formula is C21H24N8O2S. The van der Waals surface area contributed by atoms with E-state index in [4.69, 9.17) is 0 Å². The molecule has 5 rings (SSSR count).